The van der Waals surface area contributed by atoms with Gasteiger partial charge in [-0.2, -0.15) is 5.26 Å². The monoisotopic (exact) mass is 337 g/mol. The number of fused-ring (bicyclic) bond motifs is 1. The van der Waals surface area contributed by atoms with E-state index in [1.54, 1.807) is 11.8 Å². The Kier molecular flexibility index (Phi) is 4.03. The largest absolute Gasteiger partial charge is 0.360 e. The molecule has 1 unspecified atom stereocenters. The third-order valence-corrected chi connectivity index (χ3v) is 5.50. The fraction of sp³-hybridized carbons (Fsp3) is 0.389. The second-order valence-electron chi connectivity index (χ2n) is 6.28. The molecule has 1 aliphatic rings. The van der Waals surface area contributed by atoms with Gasteiger partial charge in [0.1, 0.15) is 0 Å². The predicted octanol–water partition coefficient (Wildman–Crippen LogP) is 4.55. The highest BCUT2D eigenvalue weighted by molar-refractivity contribution is 7.99. The van der Waals surface area contributed by atoms with E-state index in [2.05, 4.69) is 50.9 Å². The van der Waals surface area contributed by atoms with Crippen LogP contribution in [0.2, 0.25) is 0 Å². The maximum Gasteiger partial charge on any atom is 0.192 e. The van der Waals surface area contributed by atoms with Crippen LogP contribution in [0.25, 0.3) is 22.3 Å². The molecule has 0 saturated heterocycles. The first-order valence-electron chi connectivity index (χ1n) is 8.33. The lowest BCUT2D eigenvalue weighted by Gasteiger charge is -2.11. The molecule has 122 valence electrons. The number of hydrogen-bond donors (Lipinski definition) is 1. The zero-order valence-electron chi connectivity index (χ0n) is 13.6. The first kappa shape index (κ1) is 15.3. The quantitative estimate of drug-likeness (QED) is 0.670. The van der Waals surface area contributed by atoms with E-state index in [1.807, 2.05) is 12.3 Å². The van der Waals surface area contributed by atoms with Crippen LogP contribution in [0.15, 0.2) is 35.6 Å². The van der Waals surface area contributed by atoms with Crippen molar-refractivity contribution in [1.82, 2.24) is 19.7 Å². The Balaban J connectivity index is 1.71. The lowest BCUT2D eigenvalue weighted by Crippen LogP contribution is -2.03. The van der Waals surface area contributed by atoms with Gasteiger partial charge in [0.15, 0.2) is 11.0 Å². The van der Waals surface area contributed by atoms with Crippen LogP contribution in [0, 0.1) is 11.3 Å². The number of rotatable bonds is 6. The lowest BCUT2D eigenvalue weighted by atomic mass is 10.1. The smallest absolute Gasteiger partial charge is 0.192 e. The molecule has 4 rings (SSSR count). The zero-order valence-corrected chi connectivity index (χ0v) is 14.4. The summed E-state index contributed by atoms with van der Waals surface area (Å²) in [4.78, 5) is 3.33. The van der Waals surface area contributed by atoms with Crippen LogP contribution in [0.3, 0.4) is 0 Å². The number of H-pyrrole nitrogens is 1. The molecule has 0 bridgehead atoms. The molecule has 1 aromatic carbocycles. The maximum atomic E-state index is 8.77. The van der Waals surface area contributed by atoms with Gasteiger partial charge < -0.3 is 4.98 Å². The Morgan fingerprint density at radius 2 is 2.21 bits per heavy atom. The van der Waals surface area contributed by atoms with Crippen LogP contribution >= 0.6 is 11.8 Å². The first-order chi connectivity index (χ1) is 11.8. The summed E-state index contributed by atoms with van der Waals surface area (Å²) in [6.07, 6.45) is 5.87. The van der Waals surface area contributed by atoms with E-state index in [9.17, 15) is 0 Å². The number of aromatic nitrogens is 4. The van der Waals surface area contributed by atoms with Gasteiger partial charge in [0, 0.05) is 40.4 Å². The van der Waals surface area contributed by atoms with E-state index >= 15 is 0 Å². The number of aromatic amines is 1. The molecular weight excluding hydrogens is 318 g/mol. The number of nitriles is 1. The normalized spacial score (nSPS) is 15.5. The summed E-state index contributed by atoms with van der Waals surface area (Å²) in [5.41, 5.74) is 2.23. The molecule has 1 aliphatic carbocycles. The number of benzene rings is 1. The Morgan fingerprint density at radius 1 is 1.38 bits per heavy atom. The van der Waals surface area contributed by atoms with Gasteiger partial charge in [-0.15, -0.1) is 10.2 Å². The molecule has 1 fully saturated rings. The summed E-state index contributed by atoms with van der Waals surface area (Å²) in [5, 5.41) is 20.3. The average Bonchev–Trinajstić information content (AvgIpc) is 3.21. The minimum atomic E-state index is 0.363. The van der Waals surface area contributed by atoms with E-state index in [0.29, 0.717) is 17.7 Å². The second-order valence-corrected chi connectivity index (χ2v) is 7.69. The minimum absolute atomic E-state index is 0.363. The van der Waals surface area contributed by atoms with Gasteiger partial charge in [0.25, 0.3) is 0 Å². The molecule has 1 atom stereocenters. The molecule has 2 heterocycles. The summed E-state index contributed by atoms with van der Waals surface area (Å²) in [6, 6.07) is 11.0. The number of nitrogens with zero attached hydrogens (tertiary/aromatic N) is 4. The van der Waals surface area contributed by atoms with Gasteiger partial charge >= 0.3 is 0 Å². The van der Waals surface area contributed by atoms with Crippen molar-refractivity contribution in [1.29, 1.82) is 5.26 Å². The molecule has 2 aromatic heterocycles. The predicted molar refractivity (Wildman–Crippen MR) is 95.8 cm³/mol. The number of hydrogen-bond acceptors (Lipinski definition) is 4. The molecule has 24 heavy (non-hydrogen) atoms. The van der Waals surface area contributed by atoms with Crippen LogP contribution in [-0.4, -0.2) is 25.0 Å². The van der Waals surface area contributed by atoms with Crippen molar-refractivity contribution in [2.24, 2.45) is 0 Å². The molecular formula is C18H19N5S. The minimum Gasteiger partial charge on any atom is -0.360 e. The Morgan fingerprint density at radius 3 is 3.00 bits per heavy atom. The topological polar surface area (TPSA) is 70.3 Å². The van der Waals surface area contributed by atoms with Crippen molar-refractivity contribution < 1.29 is 0 Å². The molecule has 0 radical (unpaired) electrons. The summed E-state index contributed by atoms with van der Waals surface area (Å²) < 4.78 is 2.29. The molecule has 1 N–H and O–H groups in total. The Labute approximate surface area is 145 Å². The van der Waals surface area contributed by atoms with Crippen molar-refractivity contribution in [2.45, 2.75) is 49.1 Å². The van der Waals surface area contributed by atoms with Gasteiger partial charge in [-0.25, -0.2) is 0 Å². The highest BCUT2D eigenvalue weighted by atomic mass is 32.2. The van der Waals surface area contributed by atoms with E-state index in [1.165, 1.54) is 18.2 Å². The SMILES string of the molecule is CC(CCC#N)Sc1nnc(-c2c[nH]c3ccccc23)n1C1CC1. The summed E-state index contributed by atoms with van der Waals surface area (Å²) in [7, 11) is 0. The van der Waals surface area contributed by atoms with Crippen LogP contribution in [0.4, 0.5) is 0 Å². The first-order valence-corrected chi connectivity index (χ1v) is 9.21. The van der Waals surface area contributed by atoms with Crippen molar-refractivity contribution in [3.63, 3.8) is 0 Å². The molecule has 0 spiro atoms. The van der Waals surface area contributed by atoms with Crippen molar-refractivity contribution >= 4 is 22.7 Å². The van der Waals surface area contributed by atoms with Crippen molar-refractivity contribution in [2.75, 3.05) is 0 Å². The summed E-state index contributed by atoms with van der Waals surface area (Å²) in [5.74, 6) is 0.949. The molecule has 3 aromatic rings. The average molecular weight is 337 g/mol. The number of para-hydroxylation sites is 1. The number of thioether (sulfide) groups is 1. The summed E-state index contributed by atoms with van der Waals surface area (Å²) >= 11 is 1.73. The highest BCUT2D eigenvalue weighted by Gasteiger charge is 2.31. The van der Waals surface area contributed by atoms with Crippen LogP contribution in [-0.2, 0) is 0 Å². The van der Waals surface area contributed by atoms with E-state index < -0.39 is 0 Å². The highest BCUT2D eigenvalue weighted by Crippen LogP contribution is 2.43. The van der Waals surface area contributed by atoms with Gasteiger partial charge in [-0.05, 0) is 25.3 Å². The third kappa shape index (κ3) is 2.80. The Hall–Kier alpha value is -2.26. The Bertz CT molecular complexity index is 900. The van der Waals surface area contributed by atoms with Crippen molar-refractivity contribution in [3.8, 4) is 17.5 Å². The van der Waals surface area contributed by atoms with Crippen LogP contribution in [0.1, 0.15) is 38.6 Å². The van der Waals surface area contributed by atoms with Gasteiger partial charge in [0.2, 0.25) is 0 Å². The van der Waals surface area contributed by atoms with E-state index in [4.69, 9.17) is 5.26 Å². The summed E-state index contributed by atoms with van der Waals surface area (Å²) in [6.45, 7) is 2.15. The molecule has 0 amide bonds. The van der Waals surface area contributed by atoms with Gasteiger partial charge in [0.05, 0.1) is 6.07 Å². The second kappa shape index (κ2) is 6.33. The van der Waals surface area contributed by atoms with Crippen LogP contribution < -0.4 is 0 Å². The maximum absolute atomic E-state index is 8.77. The van der Waals surface area contributed by atoms with Gasteiger partial charge in [-0.1, -0.05) is 36.9 Å². The molecule has 1 saturated carbocycles. The van der Waals surface area contributed by atoms with Crippen molar-refractivity contribution in [3.05, 3.63) is 30.5 Å². The molecule has 5 nitrogen and oxygen atoms in total. The molecule has 0 aliphatic heterocycles. The molecule has 6 heteroatoms. The van der Waals surface area contributed by atoms with E-state index in [0.717, 1.165) is 28.5 Å². The fourth-order valence-corrected chi connectivity index (χ4v) is 4.00. The van der Waals surface area contributed by atoms with Crippen LogP contribution in [0.5, 0.6) is 0 Å². The van der Waals surface area contributed by atoms with Gasteiger partial charge in [-0.3, -0.25) is 4.57 Å². The standard InChI is InChI=1S/C18H19N5S/c1-12(5-4-10-19)24-18-22-21-17(23(18)13-8-9-13)15-11-20-16-7-3-2-6-14(15)16/h2-3,6-7,11-13,20H,4-5,8-9H2,1H3. The lowest BCUT2D eigenvalue weighted by molar-refractivity contribution is 0.666. The van der Waals surface area contributed by atoms with E-state index in [-0.39, 0.29) is 0 Å². The zero-order chi connectivity index (χ0) is 16.5. The fourth-order valence-electron chi connectivity index (χ4n) is 2.97. The third-order valence-electron chi connectivity index (χ3n) is 4.38. The number of nitrogens with one attached hydrogen (secondary N) is 1.